The predicted octanol–water partition coefficient (Wildman–Crippen LogP) is 1.30. The van der Waals surface area contributed by atoms with E-state index < -0.39 is 19.1 Å². The van der Waals surface area contributed by atoms with Crippen LogP contribution in [0.1, 0.15) is 13.3 Å². The maximum atomic E-state index is 12.0. The zero-order valence-electron chi connectivity index (χ0n) is 9.50. The summed E-state index contributed by atoms with van der Waals surface area (Å²) in [5, 5.41) is 0. The van der Waals surface area contributed by atoms with Gasteiger partial charge in [-0.2, -0.15) is 0 Å². The number of rotatable bonds is 4. The molecule has 8 heteroatoms. The third-order valence-electron chi connectivity index (χ3n) is 2.81. The number of benzene rings is 1. The molecule has 0 bridgehead atoms. The molecule has 0 spiro atoms. The van der Waals surface area contributed by atoms with Crippen LogP contribution in [0, 0.1) is 5.92 Å². The molecule has 5 nitrogen and oxygen atoms in total. The second-order valence-corrected chi connectivity index (χ2v) is 8.63. The largest absolute Gasteiger partial charge is 0.261 e. The van der Waals surface area contributed by atoms with Crippen LogP contribution < -0.4 is 4.72 Å². The average molecular weight is 310 g/mol. The van der Waals surface area contributed by atoms with Crippen molar-refractivity contribution < 1.29 is 16.8 Å². The number of nitrogens with one attached hydrogen (secondary N) is 1. The molecule has 2 rings (SSSR count). The van der Waals surface area contributed by atoms with Crippen LogP contribution in [-0.2, 0) is 19.1 Å². The Balaban J connectivity index is 2.33. The molecule has 2 atom stereocenters. The normalized spacial score (nSPS) is 23.9. The third-order valence-corrected chi connectivity index (χ3v) is 5.65. The Morgan fingerprint density at radius 3 is 2.28 bits per heavy atom. The van der Waals surface area contributed by atoms with E-state index in [9.17, 15) is 16.8 Å². The van der Waals surface area contributed by atoms with Crippen molar-refractivity contribution in [1.82, 2.24) is 4.72 Å². The Labute approximate surface area is 111 Å². The molecule has 1 aromatic rings. The minimum Gasteiger partial charge on any atom is -0.208 e. The SMILES string of the molecule is CC1CC1NS(=O)(=O)c1cccc(S(=O)(=O)Cl)c1. The van der Waals surface area contributed by atoms with E-state index >= 15 is 0 Å². The maximum absolute atomic E-state index is 12.0. The Morgan fingerprint density at radius 2 is 1.78 bits per heavy atom. The summed E-state index contributed by atoms with van der Waals surface area (Å²) in [5.74, 6) is 0.319. The molecule has 1 aromatic carbocycles. The standard InChI is InChI=1S/C10H12ClNO4S2/c1-7-5-10(7)12-18(15,16)9-4-2-3-8(6-9)17(11,13)14/h2-4,6-7,10,12H,5H2,1H3. The van der Waals surface area contributed by atoms with Crippen LogP contribution in [0.25, 0.3) is 0 Å². The molecule has 100 valence electrons. The summed E-state index contributed by atoms with van der Waals surface area (Å²) in [6.45, 7) is 1.94. The zero-order valence-corrected chi connectivity index (χ0v) is 11.9. The van der Waals surface area contributed by atoms with Gasteiger partial charge in [0.15, 0.2) is 0 Å². The molecule has 0 aromatic heterocycles. The Kier molecular flexibility index (Phi) is 3.44. The van der Waals surface area contributed by atoms with E-state index in [-0.39, 0.29) is 15.8 Å². The quantitative estimate of drug-likeness (QED) is 0.850. The van der Waals surface area contributed by atoms with Crippen molar-refractivity contribution in [3.05, 3.63) is 24.3 Å². The van der Waals surface area contributed by atoms with Crippen molar-refractivity contribution in [3.8, 4) is 0 Å². The molecule has 0 heterocycles. The fourth-order valence-electron chi connectivity index (χ4n) is 1.55. The number of sulfonamides is 1. The Morgan fingerprint density at radius 1 is 1.22 bits per heavy atom. The Hall–Kier alpha value is -0.630. The van der Waals surface area contributed by atoms with Crippen LogP contribution in [0.3, 0.4) is 0 Å². The fraction of sp³-hybridized carbons (Fsp3) is 0.400. The predicted molar refractivity (Wildman–Crippen MR) is 67.4 cm³/mol. The first-order valence-corrected chi connectivity index (χ1v) is 9.06. The van der Waals surface area contributed by atoms with Crippen molar-refractivity contribution in [1.29, 1.82) is 0 Å². The van der Waals surface area contributed by atoms with Crippen LogP contribution in [0.5, 0.6) is 0 Å². The van der Waals surface area contributed by atoms with E-state index in [4.69, 9.17) is 10.7 Å². The first-order chi connectivity index (χ1) is 8.20. The molecule has 1 aliphatic carbocycles. The average Bonchev–Trinajstić information content (AvgIpc) is 2.92. The highest BCUT2D eigenvalue weighted by molar-refractivity contribution is 8.13. The van der Waals surface area contributed by atoms with Gasteiger partial charge in [0.2, 0.25) is 10.0 Å². The lowest BCUT2D eigenvalue weighted by Crippen LogP contribution is -2.26. The van der Waals surface area contributed by atoms with E-state index in [0.717, 1.165) is 12.5 Å². The molecule has 0 aliphatic heterocycles. The van der Waals surface area contributed by atoms with Gasteiger partial charge in [-0.15, -0.1) is 0 Å². The molecule has 1 fully saturated rings. The van der Waals surface area contributed by atoms with Gasteiger partial charge in [-0.25, -0.2) is 21.6 Å². The van der Waals surface area contributed by atoms with Crippen molar-refractivity contribution in [2.24, 2.45) is 5.92 Å². The van der Waals surface area contributed by atoms with Gasteiger partial charge in [-0.05, 0) is 30.5 Å². The van der Waals surface area contributed by atoms with Crippen LogP contribution in [0.4, 0.5) is 0 Å². The number of hydrogen-bond acceptors (Lipinski definition) is 4. The van der Waals surface area contributed by atoms with Crippen LogP contribution in [0.15, 0.2) is 34.1 Å². The van der Waals surface area contributed by atoms with E-state index in [1.165, 1.54) is 18.2 Å². The lowest BCUT2D eigenvalue weighted by molar-refractivity contribution is 0.578. The van der Waals surface area contributed by atoms with Gasteiger partial charge in [0.05, 0.1) is 9.79 Å². The summed E-state index contributed by atoms with van der Waals surface area (Å²) >= 11 is 0. The van der Waals surface area contributed by atoms with Crippen LogP contribution >= 0.6 is 10.7 Å². The van der Waals surface area contributed by atoms with Gasteiger partial charge in [0, 0.05) is 16.7 Å². The maximum Gasteiger partial charge on any atom is 0.261 e. The van der Waals surface area contributed by atoms with Crippen molar-refractivity contribution >= 4 is 29.8 Å². The van der Waals surface area contributed by atoms with Gasteiger partial charge in [-0.1, -0.05) is 13.0 Å². The minimum absolute atomic E-state index is 0.0636. The van der Waals surface area contributed by atoms with Gasteiger partial charge in [0.25, 0.3) is 9.05 Å². The summed E-state index contributed by atoms with van der Waals surface area (Å²) in [5.41, 5.74) is 0. The molecule has 18 heavy (non-hydrogen) atoms. The van der Waals surface area contributed by atoms with Crippen molar-refractivity contribution in [2.45, 2.75) is 29.2 Å². The summed E-state index contributed by atoms with van der Waals surface area (Å²) in [6, 6.07) is 4.92. The van der Waals surface area contributed by atoms with E-state index in [0.29, 0.717) is 5.92 Å². The van der Waals surface area contributed by atoms with Gasteiger partial charge in [0.1, 0.15) is 0 Å². The lowest BCUT2D eigenvalue weighted by atomic mass is 10.4. The monoisotopic (exact) mass is 309 g/mol. The molecular formula is C10H12ClNO4S2. The third kappa shape index (κ3) is 3.03. The lowest BCUT2D eigenvalue weighted by Gasteiger charge is -2.06. The molecule has 1 N–H and O–H groups in total. The topological polar surface area (TPSA) is 80.3 Å². The molecule has 1 aliphatic rings. The van der Waals surface area contributed by atoms with E-state index in [1.807, 2.05) is 6.92 Å². The highest BCUT2D eigenvalue weighted by Crippen LogP contribution is 2.31. The molecular weight excluding hydrogens is 298 g/mol. The fourth-order valence-corrected chi connectivity index (χ4v) is 3.82. The van der Waals surface area contributed by atoms with Gasteiger partial charge in [-0.3, -0.25) is 0 Å². The number of hydrogen-bond donors (Lipinski definition) is 1. The minimum atomic E-state index is -3.93. The van der Waals surface area contributed by atoms with Gasteiger partial charge < -0.3 is 0 Å². The summed E-state index contributed by atoms with van der Waals surface area (Å²) in [4.78, 5) is -0.320. The summed E-state index contributed by atoms with van der Waals surface area (Å²) in [7, 11) is -2.44. The summed E-state index contributed by atoms with van der Waals surface area (Å²) in [6.07, 6.45) is 0.798. The van der Waals surface area contributed by atoms with Crippen molar-refractivity contribution in [2.75, 3.05) is 0 Å². The second kappa shape index (κ2) is 4.48. The first-order valence-electron chi connectivity index (χ1n) is 5.27. The highest BCUT2D eigenvalue weighted by Gasteiger charge is 2.36. The highest BCUT2D eigenvalue weighted by atomic mass is 35.7. The van der Waals surface area contributed by atoms with Crippen molar-refractivity contribution in [3.63, 3.8) is 0 Å². The van der Waals surface area contributed by atoms with Crippen LogP contribution in [0.2, 0.25) is 0 Å². The first kappa shape index (κ1) is 13.8. The molecule has 0 radical (unpaired) electrons. The number of halogens is 1. The Bertz CT molecular complexity index is 669. The summed E-state index contributed by atoms with van der Waals surface area (Å²) < 4.78 is 48.7. The second-order valence-electron chi connectivity index (χ2n) is 4.35. The smallest absolute Gasteiger partial charge is 0.208 e. The van der Waals surface area contributed by atoms with Gasteiger partial charge >= 0.3 is 0 Å². The molecule has 1 saturated carbocycles. The van der Waals surface area contributed by atoms with E-state index in [2.05, 4.69) is 4.72 Å². The van der Waals surface area contributed by atoms with E-state index in [1.54, 1.807) is 0 Å². The molecule has 2 unspecified atom stereocenters. The van der Waals surface area contributed by atoms with Crippen LogP contribution in [-0.4, -0.2) is 22.9 Å². The molecule has 0 saturated heterocycles. The molecule has 0 amide bonds. The zero-order chi connectivity index (χ0) is 13.6.